The Morgan fingerprint density at radius 1 is 1.53 bits per heavy atom. The zero-order valence-corrected chi connectivity index (χ0v) is 10.8. The van der Waals surface area contributed by atoms with E-state index in [0.717, 1.165) is 0 Å². The number of benzene rings is 1. The summed E-state index contributed by atoms with van der Waals surface area (Å²) in [5.41, 5.74) is 0.550. The van der Waals surface area contributed by atoms with Crippen molar-refractivity contribution in [1.82, 2.24) is 5.32 Å². The molecule has 0 spiro atoms. The summed E-state index contributed by atoms with van der Waals surface area (Å²) in [6.07, 6.45) is 0.550. The van der Waals surface area contributed by atoms with E-state index in [1.807, 2.05) is 6.92 Å². The smallest absolute Gasteiger partial charge is 0.270 e. The van der Waals surface area contributed by atoms with Gasteiger partial charge in [-0.25, -0.2) is 0 Å². The average molecular weight is 265 g/mol. The van der Waals surface area contributed by atoms with Crippen molar-refractivity contribution in [2.24, 2.45) is 0 Å². The highest BCUT2D eigenvalue weighted by atomic mass is 16.6. The molecule has 0 aromatic heterocycles. The first-order valence-electron chi connectivity index (χ1n) is 5.72. The molecule has 1 aromatic rings. The second kappa shape index (κ2) is 6.48. The number of aldehydes is 1. The van der Waals surface area contributed by atoms with Gasteiger partial charge in [0.2, 0.25) is 5.91 Å². The quantitative estimate of drug-likeness (QED) is 0.470. The summed E-state index contributed by atoms with van der Waals surface area (Å²) in [5, 5.41) is 13.1. The Balaban J connectivity index is 3.13. The Morgan fingerprint density at radius 3 is 2.68 bits per heavy atom. The van der Waals surface area contributed by atoms with Crippen molar-refractivity contribution in [3.8, 4) is 0 Å². The molecule has 0 saturated carbocycles. The molecule has 0 aliphatic rings. The van der Waals surface area contributed by atoms with Crippen molar-refractivity contribution < 1.29 is 14.5 Å². The standard InChI is InChI=1S/C12H15N3O4/c1-3-14(7-12(17)13-2)11-5-4-10(15(18)19)6-9(11)8-16/h4-6,8H,3,7H2,1-2H3,(H,13,17). The van der Waals surface area contributed by atoms with E-state index in [4.69, 9.17) is 0 Å². The van der Waals surface area contributed by atoms with E-state index >= 15 is 0 Å². The fourth-order valence-corrected chi connectivity index (χ4v) is 1.66. The Morgan fingerprint density at radius 2 is 2.21 bits per heavy atom. The Labute approximate surface area is 110 Å². The Hall–Kier alpha value is -2.44. The van der Waals surface area contributed by atoms with Crippen LogP contribution >= 0.6 is 0 Å². The van der Waals surface area contributed by atoms with Crippen LogP contribution in [0.15, 0.2) is 18.2 Å². The van der Waals surface area contributed by atoms with Crippen molar-refractivity contribution in [2.45, 2.75) is 6.92 Å². The number of non-ortho nitro benzene ring substituents is 1. The summed E-state index contributed by atoms with van der Waals surface area (Å²) in [6, 6.07) is 4.00. The lowest BCUT2D eigenvalue weighted by molar-refractivity contribution is -0.384. The van der Waals surface area contributed by atoms with Crippen LogP contribution in [0, 0.1) is 10.1 Å². The highest BCUT2D eigenvalue weighted by molar-refractivity contribution is 5.88. The molecular weight excluding hydrogens is 250 g/mol. The fourth-order valence-electron chi connectivity index (χ4n) is 1.66. The summed E-state index contributed by atoms with van der Waals surface area (Å²) >= 11 is 0. The number of nitrogens with one attached hydrogen (secondary N) is 1. The molecule has 0 bridgehead atoms. The number of rotatable bonds is 6. The first-order valence-corrected chi connectivity index (χ1v) is 5.72. The van der Waals surface area contributed by atoms with E-state index in [9.17, 15) is 19.7 Å². The number of hydrogen-bond donors (Lipinski definition) is 1. The third-order valence-corrected chi connectivity index (χ3v) is 2.68. The largest absolute Gasteiger partial charge is 0.362 e. The van der Waals surface area contributed by atoms with E-state index in [2.05, 4.69) is 5.32 Å². The highest BCUT2D eigenvalue weighted by Gasteiger charge is 2.16. The number of nitro groups is 1. The minimum Gasteiger partial charge on any atom is -0.362 e. The lowest BCUT2D eigenvalue weighted by Gasteiger charge is -2.23. The van der Waals surface area contributed by atoms with Crippen LogP contribution in [0.4, 0.5) is 11.4 Å². The topological polar surface area (TPSA) is 92.6 Å². The molecule has 0 saturated heterocycles. The first-order chi connectivity index (χ1) is 9.03. The summed E-state index contributed by atoms with van der Waals surface area (Å²) in [7, 11) is 1.52. The van der Waals surface area contributed by atoms with E-state index in [0.29, 0.717) is 18.5 Å². The van der Waals surface area contributed by atoms with Gasteiger partial charge >= 0.3 is 0 Å². The van der Waals surface area contributed by atoms with Crippen molar-refractivity contribution >= 4 is 23.6 Å². The zero-order valence-electron chi connectivity index (χ0n) is 10.8. The molecule has 1 amide bonds. The molecule has 1 N–H and O–H groups in total. The molecule has 0 aliphatic heterocycles. The van der Waals surface area contributed by atoms with Gasteiger partial charge < -0.3 is 10.2 Å². The van der Waals surface area contributed by atoms with Gasteiger partial charge in [-0.1, -0.05) is 0 Å². The maximum atomic E-state index is 11.4. The zero-order chi connectivity index (χ0) is 14.4. The third-order valence-electron chi connectivity index (χ3n) is 2.68. The van der Waals surface area contributed by atoms with E-state index in [1.165, 1.54) is 25.2 Å². The van der Waals surface area contributed by atoms with Gasteiger partial charge in [-0.05, 0) is 13.0 Å². The predicted molar refractivity (Wildman–Crippen MR) is 70.4 cm³/mol. The molecule has 0 radical (unpaired) electrons. The van der Waals surface area contributed by atoms with Crippen LogP contribution in [-0.4, -0.2) is 37.3 Å². The molecule has 0 unspecified atom stereocenters. The fraction of sp³-hybridized carbons (Fsp3) is 0.333. The van der Waals surface area contributed by atoms with Gasteiger partial charge in [-0.15, -0.1) is 0 Å². The van der Waals surface area contributed by atoms with Crippen LogP contribution in [0.1, 0.15) is 17.3 Å². The molecule has 0 heterocycles. The van der Waals surface area contributed by atoms with E-state index in [-0.39, 0.29) is 23.7 Å². The summed E-state index contributed by atoms with van der Waals surface area (Å²) in [6.45, 7) is 2.43. The second-order valence-electron chi connectivity index (χ2n) is 3.81. The predicted octanol–water partition coefficient (Wildman–Crippen LogP) is 0.980. The lowest BCUT2D eigenvalue weighted by Crippen LogP contribution is -2.36. The molecule has 1 aromatic carbocycles. The van der Waals surface area contributed by atoms with Crippen molar-refractivity contribution in [2.75, 3.05) is 25.0 Å². The molecule has 0 aliphatic carbocycles. The number of carbonyl (C=O) groups is 2. The average Bonchev–Trinajstić information content (AvgIpc) is 2.43. The van der Waals surface area contributed by atoms with Gasteiger partial charge in [0.15, 0.2) is 6.29 Å². The van der Waals surface area contributed by atoms with Crippen molar-refractivity contribution in [1.29, 1.82) is 0 Å². The summed E-state index contributed by atoms with van der Waals surface area (Å²) < 4.78 is 0. The molecule has 0 fully saturated rings. The minimum atomic E-state index is -0.564. The number of nitro benzene ring substituents is 1. The van der Waals surface area contributed by atoms with Gasteiger partial charge in [0, 0.05) is 37.0 Å². The number of hydrogen-bond acceptors (Lipinski definition) is 5. The Bertz CT molecular complexity index is 502. The molecule has 0 atom stereocenters. The number of nitrogens with zero attached hydrogens (tertiary/aromatic N) is 2. The molecule has 1 rings (SSSR count). The molecule has 19 heavy (non-hydrogen) atoms. The second-order valence-corrected chi connectivity index (χ2v) is 3.81. The normalized spacial score (nSPS) is 9.79. The van der Waals surface area contributed by atoms with Crippen LogP contribution in [0.2, 0.25) is 0 Å². The molecule has 102 valence electrons. The number of amides is 1. The minimum absolute atomic E-state index is 0.0889. The van der Waals surface area contributed by atoms with Crippen LogP contribution in [0.3, 0.4) is 0 Å². The summed E-state index contributed by atoms with van der Waals surface area (Å²) in [5.74, 6) is -0.197. The molecule has 7 nitrogen and oxygen atoms in total. The Kier molecular flexibility index (Phi) is 4.99. The van der Waals surface area contributed by atoms with Gasteiger partial charge in [0.25, 0.3) is 5.69 Å². The van der Waals surface area contributed by atoms with Crippen LogP contribution in [-0.2, 0) is 4.79 Å². The number of likely N-dealkylation sites (N-methyl/N-ethyl adjacent to an activating group) is 2. The van der Waals surface area contributed by atoms with Crippen LogP contribution in [0.25, 0.3) is 0 Å². The maximum absolute atomic E-state index is 11.4. The van der Waals surface area contributed by atoms with E-state index in [1.54, 1.807) is 4.90 Å². The highest BCUT2D eigenvalue weighted by Crippen LogP contribution is 2.24. The maximum Gasteiger partial charge on any atom is 0.270 e. The molecular formula is C12H15N3O4. The first kappa shape index (κ1) is 14.6. The monoisotopic (exact) mass is 265 g/mol. The van der Waals surface area contributed by atoms with Crippen molar-refractivity contribution in [3.63, 3.8) is 0 Å². The number of carbonyl (C=O) groups excluding carboxylic acids is 2. The van der Waals surface area contributed by atoms with Crippen LogP contribution < -0.4 is 10.2 Å². The van der Waals surface area contributed by atoms with Gasteiger partial charge in [-0.3, -0.25) is 19.7 Å². The van der Waals surface area contributed by atoms with Crippen molar-refractivity contribution in [3.05, 3.63) is 33.9 Å². The SMILES string of the molecule is CCN(CC(=O)NC)c1ccc([N+](=O)[O-])cc1C=O. The van der Waals surface area contributed by atoms with Crippen LogP contribution in [0.5, 0.6) is 0 Å². The number of anilines is 1. The molecule has 7 heteroatoms. The van der Waals surface area contributed by atoms with Gasteiger partial charge in [0.1, 0.15) is 0 Å². The van der Waals surface area contributed by atoms with Gasteiger partial charge in [-0.2, -0.15) is 0 Å². The third kappa shape index (κ3) is 3.51. The summed E-state index contributed by atoms with van der Waals surface area (Å²) in [4.78, 5) is 34.2. The van der Waals surface area contributed by atoms with Gasteiger partial charge in [0.05, 0.1) is 11.5 Å². The van der Waals surface area contributed by atoms with E-state index < -0.39 is 4.92 Å². The lowest BCUT2D eigenvalue weighted by atomic mass is 10.1.